The molecule has 0 aliphatic rings. The Morgan fingerprint density at radius 3 is 1.73 bits per heavy atom. The van der Waals surface area contributed by atoms with E-state index in [1.54, 1.807) is 0 Å². The summed E-state index contributed by atoms with van der Waals surface area (Å²) < 4.78 is 5.68. The van der Waals surface area contributed by atoms with Gasteiger partial charge in [0.2, 0.25) is 0 Å². The molecule has 1 aromatic heterocycles. The highest BCUT2D eigenvalue weighted by Gasteiger charge is 2.13. The summed E-state index contributed by atoms with van der Waals surface area (Å²) in [5.74, 6) is 1.88. The molecular formula is C21H38O. The predicted molar refractivity (Wildman–Crippen MR) is 97.4 cm³/mol. The van der Waals surface area contributed by atoms with E-state index in [1.165, 1.54) is 95.7 Å². The second-order valence-electron chi connectivity index (χ2n) is 6.83. The second kappa shape index (κ2) is 13.9. The fraction of sp³-hybridized carbons (Fsp3) is 0.810. The highest BCUT2D eigenvalue weighted by atomic mass is 16.3. The van der Waals surface area contributed by atoms with Gasteiger partial charge in [-0.05, 0) is 25.0 Å². The van der Waals surface area contributed by atoms with Crippen LogP contribution in [0.25, 0.3) is 0 Å². The van der Waals surface area contributed by atoms with Gasteiger partial charge in [-0.15, -0.1) is 0 Å². The molecule has 0 bridgehead atoms. The summed E-state index contributed by atoms with van der Waals surface area (Å²) in [6, 6.07) is 4.22. The van der Waals surface area contributed by atoms with E-state index in [9.17, 15) is 0 Å². The number of hydrogen-bond donors (Lipinski definition) is 0. The lowest BCUT2D eigenvalue weighted by Crippen LogP contribution is -1.98. The molecule has 0 fully saturated rings. The van der Waals surface area contributed by atoms with Crippen molar-refractivity contribution in [2.45, 2.75) is 110 Å². The molecule has 0 aliphatic carbocycles. The van der Waals surface area contributed by atoms with Gasteiger partial charge in [0, 0.05) is 5.92 Å². The van der Waals surface area contributed by atoms with Crippen molar-refractivity contribution in [3.8, 4) is 0 Å². The highest BCUT2D eigenvalue weighted by molar-refractivity contribution is 5.05. The molecule has 128 valence electrons. The lowest BCUT2D eigenvalue weighted by molar-refractivity contribution is 0.405. The molecule has 22 heavy (non-hydrogen) atoms. The average molecular weight is 307 g/mol. The van der Waals surface area contributed by atoms with Crippen LogP contribution in [0.3, 0.4) is 0 Å². The van der Waals surface area contributed by atoms with Gasteiger partial charge in [0.25, 0.3) is 0 Å². The zero-order valence-corrected chi connectivity index (χ0v) is 15.1. The molecule has 0 saturated heterocycles. The first kappa shape index (κ1) is 19.3. The molecule has 1 nitrogen and oxygen atoms in total. The Bertz CT molecular complexity index is 315. The normalized spacial score (nSPS) is 12.6. The molecule has 0 radical (unpaired) electrons. The van der Waals surface area contributed by atoms with Crippen LogP contribution < -0.4 is 0 Å². The van der Waals surface area contributed by atoms with Crippen LogP contribution in [-0.2, 0) is 0 Å². The molecular weight excluding hydrogens is 268 g/mol. The third-order valence-corrected chi connectivity index (χ3v) is 4.76. The Labute approximate surface area is 138 Å². The van der Waals surface area contributed by atoms with Gasteiger partial charge < -0.3 is 4.42 Å². The van der Waals surface area contributed by atoms with Crippen LogP contribution in [0.5, 0.6) is 0 Å². The van der Waals surface area contributed by atoms with Crippen molar-refractivity contribution >= 4 is 0 Å². The maximum absolute atomic E-state index is 5.68. The minimum Gasteiger partial charge on any atom is -0.469 e. The van der Waals surface area contributed by atoms with Gasteiger partial charge in [-0.3, -0.25) is 0 Å². The molecule has 1 rings (SSSR count). The van der Waals surface area contributed by atoms with E-state index in [2.05, 4.69) is 19.9 Å². The molecule has 1 atom stereocenters. The van der Waals surface area contributed by atoms with E-state index < -0.39 is 0 Å². The fourth-order valence-electron chi connectivity index (χ4n) is 3.29. The van der Waals surface area contributed by atoms with Gasteiger partial charge in [0.05, 0.1) is 6.26 Å². The SMILES string of the molecule is CCCCCCCCCCC(CCCCCC)c1ccco1. The van der Waals surface area contributed by atoms with Crippen LogP contribution in [0, 0.1) is 0 Å². The highest BCUT2D eigenvalue weighted by Crippen LogP contribution is 2.29. The zero-order chi connectivity index (χ0) is 15.9. The van der Waals surface area contributed by atoms with Gasteiger partial charge in [-0.1, -0.05) is 90.9 Å². The van der Waals surface area contributed by atoms with Crippen LogP contribution in [0.1, 0.15) is 115 Å². The van der Waals surface area contributed by atoms with Crippen LogP contribution in [0.2, 0.25) is 0 Å². The topological polar surface area (TPSA) is 13.1 Å². The monoisotopic (exact) mass is 306 g/mol. The molecule has 1 unspecified atom stereocenters. The maximum Gasteiger partial charge on any atom is 0.106 e. The number of unbranched alkanes of at least 4 members (excludes halogenated alkanes) is 10. The first-order valence-electron chi connectivity index (χ1n) is 9.91. The summed E-state index contributed by atoms with van der Waals surface area (Å²) >= 11 is 0. The number of rotatable bonds is 15. The van der Waals surface area contributed by atoms with Crippen molar-refractivity contribution in [1.82, 2.24) is 0 Å². The summed E-state index contributed by atoms with van der Waals surface area (Å²) in [5.41, 5.74) is 0. The zero-order valence-electron chi connectivity index (χ0n) is 15.1. The molecule has 0 aromatic carbocycles. The molecule has 0 amide bonds. The van der Waals surface area contributed by atoms with Crippen molar-refractivity contribution in [1.29, 1.82) is 0 Å². The molecule has 1 heterocycles. The predicted octanol–water partition coefficient (Wildman–Crippen LogP) is 7.86. The average Bonchev–Trinajstić information content (AvgIpc) is 3.06. The van der Waals surface area contributed by atoms with E-state index in [0.717, 1.165) is 0 Å². The number of furan rings is 1. The van der Waals surface area contributed by atoms with Gasteiger partial charge in [-0.25, -0.2) is 0 Å². The Morgan fingerprint density at radius 2 is 1.23 bits per heavy atom. The van der Waals surface area contributed by atoms with E-state index in [0.29, 0.717) is 5.92 Å². The molecule has 0 saturated carbocycles. The van der Waals surface area contributed by atoms with Crippen molar-refractivity contribution in [2.75, 3.05) is 0 Å². The molecule has 0 aliphatic heterocycles. The van der Waals surface area contributed by atoms with Gasteiger partial charge in [0.15, 0.2) is 0 Å². The summed E-state index contributed by atoms with van der Waals surface area (Å²) in [7, 11) is 0. The molecule has 1 aromatic rings. The van der Waals surface area contributed by atoms with Gasteiger partial charge in [-0.2, -0.15) is 0 Å². The van der Waals surface area contributed by atoms with Crippen LogP contribution >= 0.6 is 0 Å². The van der Waals surface area contributed by atoms with E-state index in [1.807, 2.05) is 12.3 Å². The lowest BCUT2D eigenvalue weighted by Gasteiger charge is -2.14. The number of hydrogen-bond acceptors (Lipinski definition) is 1. The summed E-state index contributed by atoms with van der Waals surface area (Å²) in [6.45, 7) is 4.57. The van der Waals surface area contributed by atoms with E-state index >= 15 is 0 Å². The largest absolute Gasteiger partial charge is 0.469 e. The Kier molecular flexibility index (Phi) is 12.2. The summed E-state index contributed by atoms with van der Waals surface area (Å²) in [4.78, 5) is 0. The van der Waals surface area contributed by atoms with Crippen molar-refractivity contribution in [3.63, 3.8) is 0 Å². The molecule has 0 N–H and O–H groups in total. The van der Waals surface area contributed by atoms with Crippen LogP contribution in [-0.4, -0.2) is 0 Å². The smallest absolute Gasteiger partial charge is 0.106 e. The van der Waals surface area contributed by atoms with Gasteiger partial charge in [0.1, 0.15) is 5.76 Å². The third-order valence-electron chi connectivity index (χ3n) is 4.76. The molecule has 0 spiro atoms. The summed E-state index contributed by atoms with van der Waals surface area (Å²) in [5, 5.41) is 0. The minimum absolute atomic E-state index is 0.659. The maximum atomic E-state index is 5.68. The van der Waals surface area contributed by atoms with Crippen LogP contribution in [0.4, 0.5) is 0 Å². The second-order valence-corrected chi connectivity index (χ2v) is 6.83. The Hall–Kier alpha value is -0.720. The third kappa shape index (κ3) is 9.33. The van der Waals surface area contributed by atoms with Gasteiger partial charge >= 0.3 is 0 Å². The van der Waals surface area contributed by atoms with Crippen molar-refractivity contribution < 1.29 is 4.42 Å². The van der Waals surface area contributed by atoms with Crippen molar-refractivity contribution in [3.05, 3.63) is 24.2 Å². The van der Waals surface area contributed by atoms with Crippen LogP contribution in [0.15, 0.2) is 22.8 Å². The lowest BCUT2D eigenvalue weighted by atomic mass is 9.92. The molecule has 1 heteroatoms. The van der Waals surface area contributed by atoms with Crippen molar-refractivity contribution in [2.24, 2.45) is 0 Å². The summed E-state index contributed by atoms with van der Waals surface area (Å²) in [6.07, 6.45) is 21.2. The Morgan fingerprint density at radius 1 is 0.727 bits per heavy atom. The first-order valence-corrected chi connectivity index (χ1v) is 9.91. The quantitative estimate of drug-likeness (QED) is 0.300. The first-order chi connectivity index (χ1) is 10.9. The van der Waals surface area contributed by atoms with E-state index in [-0.39, 0.29) is 0 Å². The van der Waals surface area contributed by atoms with E-state index in [4.69, 9.17) is 4.42 Å². The fourth-order valence-corrected chi connectivity index (χ4v) is 3.29. The minimum atomic E-state index is 0.659. The Balaban J connectivity index is 2.13. The standard InChI is InChI=1S/C21H38O/c1-3-5-7-9-10-11-12-14-17-20(16-13-8-6-4-2)21-18-15-19-22-21/h15,18-20H,3-14,16-17H2,1-2H3.